The number of sulfonamides is 1. The molecule has 0 saturated heterocycles. The molecule has 0 aromatic heterocycles. The van der Waals surface area contributed by atoms with E-state index in [-0.39, 0.29) is 5.69 Å². The molecule has 0 fully saturated rings. The molecule has 0 bridgehead atoms. The number of benzene rings is 2. The second-order valence-corrected chi connectivity index (χ2v) is 7.23. The highest BCUT2D eigenvalue weighted by Crippen LogP contribution is 2.30. The zero-order valence-electron chi connectivity index (χ0n) is 10.4. The largest absolute Gasteiger partial charge is 0.278 e. The van der Waals surface area contributed by atoms with Crippen molar-refractivity contribution in [3.63, 3.8) is 0 Å². The Morgan fingerprint density at radius 3 is 2.57 bits per heavy atom. The lowest BCUT2D eigenvalue weighted by atomic mass is 10.3. The number of nitriles is 1. The van der Waals surface area contributed by atoms with E-state index in [1.807, 2.05) is 5.40 Å². The van der Waals surface area contributed by atoms with Crippen molar-refractivity contribution in [3.05, 3.63) is 52.8 Å². The minimum Gasteiger partial charge on any atom is -0.278 e. The Bertz CT molecular complexity index is 819. The van der Waals surface area contributed by atoms with E-state index < -0.39 is 20.7 Å². The number of rotatable bonds is 4. The van der Waals surface area contributed by atoms with Crippen LogP contribution in [0.5, 0.6) is 0 Å². The van der Waals surface area contributed by atoms with Crippen molar-refractivity contribution in [2.45, 2.75) is 9.79 Å². The molecule has 4 nitrogen and oxygen atoms in total. The number of anilines is 1. The maximum Gasteiger partial charge on any atom is 0.264 e. The summed E-state index contributed by atoms with van der Waals surface area (Å²) in [5, 5.41) is 10.5. The van der Waals surface area contributed by atoms with Crippen molar-refractivity contribution in [2.24, 2.45) is 0 Å². The van der Waals surface area contributed by atoms with E-state index in [1.54, 1.807) is 12.1 Å². The smallest absolute Gasteiger partial charge is 0.264 e. The highest BCUT2D eigenvalue weighted by molar-refractivity contribution is 9.10. The van der Waals surface area contributed by atoms with Crippen LogP contribution >= 0.6 is 27.7 Å². The van der Waals surface area contributed by atoms with E-state index in [0.717, 1.165) is 17.8 Å². The van der Waals surface area contributed by atoms with Crippen molar-refractivity contribution >= 4 is 43.4 Å². The molecule has 1 N–H and O–H groups in total. The van der Waals surface area contributed by atoms with Crippen LogP contribution in [0.25, 0.3) is 0 Å². The Morgan fingerprint density at radius 1 is 1.24 bits per heavy atom. The Labute approximate surface area is 134 Å². The summed E-state index contributed by atoms with van der Waals surface area (Å²) in [6, 6.07) is 9.83. The number of thioether (sulfide) groups is 1. The fourth-order valence-electron chi connectivity index (χ4n) is 1.56. The fourth-order valence-corrected chi connectivity index (χ4v) is 3.90. The molecule has 0 heterocycles. The van der Waals surface area contributed by atoms with Crippen LogP contribution in [-0.2, 0) is 10.0 Å². The number of nitrogens with zero attached hydrogens (tertiary/aromatic N) is 1. The summed E-state index contributed by atoms with van der Waals surface area (Å²) in [5.41, 5.74) is 0.264. The second-order valence-electron chi connectivity index (χ2n) is 3.87. The maximum absolute atomic E-state index is 13.6. The van der Waals surface area contributed by atoms with Gasteiger partial charge in [-0.15, -0.1) is 0 Å². The van der Waals surface area contributed by atoms with Crippen LogP contribution in [0.1, 0.15) is 0 Å². The molecule has 21 heavy (non-hydrogen) atoms. The molecule has 0 radical (unpaired) electrons. The number of thiocyanates is 1. The molecule has 0 saturated carbocycles. The SMILES string of the molecule is N#CSc1ccc(NS(=O)(=O)c2ccccc2F)c(Br)c1. The molecular formula is C13H8BrFN2O2S2. The van der Waals surface area contributed by atoms with Crippen LogP contribution in [0, 0.1) is 16.5 Å². The normalized spacial score (nSPS) is 10.9. The predicted octanol–water partition coefficient (Wildman–Crippen LogP) is 3.96. The average Bonchev–Trinajstić information content (AvgIpc) is 2.42. The molecule has 0 atom stereocenters. The molecule has 0 aliphatic carbocycles. The van der Waals surface area contributed by atoms with E-state index in [1.165, 1.54) is 24.3 Å². The molecule has 0 aliphatic rings. The van der Waals surface area contributed by atoms with Crippen LogP contribution in [0.2, 0.25) is 0 Å². The Balaban J connectivity index is 2.34. The van der Waals surface area contributed by atoms with E-state index >= 15 is 0 Å². The molecule has 2 aromatic carbocycles. The van der Waals surface area contributed by atoms with Crippen molar-refractivity contribution in [1.82, 2.24) is 0 Å². The van der Waals surface area contributed by atoms with Crippen LogP contribution in [0.3, 0.4) is 0 Å². The lowest BCUT2D eigenvalue weighted by Gasteiger charge is -2.10. The summed E-state index contributed by atoms with van der Waals surface area (Å²) in [6.07, 6.45) is 0. The first kappa shape index (κ1) is 15.8. The molecule has 0 aliphatic heterocycles. The molecule has 108 valence electrons. The molecule has 2 rings (SSSR count). The fraction of sp³-hybridized carbons (Fsp3) is 0. The molecule has 0 unspecified atom stereocenters. The van der Waals surface area contributed by atoms with E-state index in [2.05, 4.69) is 20.7 Å². The Morgan fingerprint density at radius 2 is 1.95 bits per heavy atom. The van der Waals surface area contributed by atoms with Gasteiger partial charge in [0.1, 0.15) is 16.1 Å². The summed E-state index contributed by atoms with van der Waals surface area (Å²) in [4.78, 5) is 0.241. The van der Waals surface area contributed by atoms with Gasteiger partial charge in [0.25, 0.3) is 10.0 Å². The summed E-state index contributed by atoms with van der Waals surface area (Å²) in [7, 11) is -4.02. The molecule has 0 amide bonds. The van der Waals surface area contributed by atoms with Crippen LogP contribution in [0.15, 0.2) is 56.7 Å². The van der Waals surface area contributed by atoms with Gasteiger partial charge >= 0.3 is 0 Å². The second kappa shape index (κ2) is 6.47. The molecule has 2 aromatic rings. The van der Waals surface area contributed by atoms with Gasteiger partial charge < -0.3 is 0 Å². The first-order valence-electron chi connectivity index (χ1n) is 5.57. The topological polar surface area (TPSA) is 70.0 Å². The van der Waals surface area contributed by atoms with E-state index in [9.17, 15) is 12.8 Å². The van der Waals surface area contributed by atoms with Crippen molar-refractivity contribution < 1.29 is 12.8 Å². The predicted molar refractivity (Wildman–Crippen MR) is 82.8 cm³/mol. The van der Waals surface area contributed by atoms with Crippen LogP contribution < -0.4 is 4.72 Å². The highest BCUT2D eigenvalue weighted by Gasteiger charge is 2.19. The van der Waals surface area contributed by atoms with Gasteiger partial charge in [0.2, 0.25) is 0 Å². The third-order valence-corrected chi connectivity index (χ3v) is 5.11. The van der Waals surface area contributed by atoms with Gasteiger partial charge in [-0.3, -0.25) is 4.72 Å². The Hall–Kier alpha value is -1.56. The van der Waals surface area contributed by atoms with Gasteiger partial charge in [0, 0.05) is 9.37 Å². The maximum atomic E-state index is 13.6. The third kappa shape index (κ3) is 3.75. The standard InChI is InChI=1S/C13H8BrFN2O2S2/c14-10-7-9(20-8-16)5-6-12(10)17-21(18,19)13-4-2-1-3-11(13)15/h1-7,17H. The van der Waals surface area contributed by atoms with Gasteiger partial charge in [-0.1, -0.05) is 12.1 Å². The zero-order chi connectivity index (χ0) is 15.5. The summed E-state index contributed by atoms with van der Waals surface area (Å²) in [6.45, 7) is 0. The number of hydrogen-bond acceptors (Lipinski definition) is 4. The van der Waals surface area contributed by atoms with Gasteiger partial charge in [-0.25, -0.2) is 12.8 Å². The minimum absolute atomic E-state index is 0.264. The average molecular weight is 387 g/mol. The molecule has 8 heteroatoms. The summed E-state index contributed by atoms with van der Waals surface area (Å²) >= 11 is 4.17. The number of hydrogen-bond donors (Lipinski definition) is 1. The summed E-state index contributed by atoms with van der Waals surface area (Å²) in [5.74, 6) is -0.822. The third-order valence-electron chi connectivity index (χ3n) is 2.47. The number of halogens is 2. The first-order chi connectivity index (χ1) is 9.94. The highest BCUT2D eigenvalue weighted by atomic mass is 79.9. The lowest BCUT2D eigenvalue weighted by Crippen LogP contribution is -2.14. The van der Waals surface area contributed by atoms with Gasteiger partial charge in [0.05, 0.1) is 5.69 Å². The minimum atomic E-state index is -4.02. The van der Waals surface area contributed by atoms with Crippen molar-refractivity contribution in [2.75, 3.05) is 4.72 Å². The van der Waals surface area contributed by atoms with Gasteiger partial charge in [-0.05, 0) is 58.0 Å². The van der Waals surface area contributed by atoms with Crippen LogP contribution in [0.4, 0.5) is 10.1 Å². The first-order valence-corrected chi connectivity index (χ1v) is 8.66. The van der Waals surface area contributed by atoms with Crippen molar-refractivity contribution in [1.29, 1.82) is 5.26 Å². The zero-order valence-corrected chi connectivity index (χ0v) is 13.6. The quantitative estimate of drug-likeness (QED) is 0.637. The summed E-state index contributed by atoms with van der Waals surface area (Å²) < 4.78 is 40.7. The molecule has 0 spiro atoms. The van der Waals surface area contributed by atoms with Crippen LogP contribution in [-0.4, -0.2) is 8.42 Å². The van der Waals surface area contributed by atoms with Gasteiger partial charge in [0.15, 0.2) is 0 Å². The number of nitrogens with one attached hydrogen (secondary N) is 1. The Kier molecular flexibility index (Phi) is 4.88. The monoisotopic (exact) mass is 386 g/mol. The molecular weight excluding hydrogens is 379 g/mol. The van der Waals surface area contributed by atoms with E-state index in [0.29, 0.717) is 9.37 Å². The van der Waals surface area contributed by atoms with Gasteiger partial charge in [-0.2, -0.15) is 5.26 Å². The van der Waals surface area contributed by atoms with E-state index in [4.69, 9.17) is 5.26 Å². The van der Waals surface area contributed by atoms with Crippen molar-refractivity contribution in [3.8, 4) is 5.40 Å². The lowest BCUT2D eigenvalue weighted by molar-refractivity contribution is 0.570.